The number of hydrogen-bond donors (Lipinski definition) is 1. The Morgan fingerprint density at radius 2 is 1.89 bits per heavy atom. The average Bonchev–Trinajstić information content (AvgIpc) is 3.45. The molecule has 2 aromatic heterocycles. The molecule has 1 aromatic carbocycles. The molecule has 1 aliphatic carbocycles. The van der Waals surface area contributed by atoms with Crippen LogP contribution in [0.2, 0.25) is 5.02 Å². The molecule has 0 aliphatic heterocycles. The van der Waals surface area contributed by atoms with E-state index in [9.17, 15) is 27.0 Å². The molecule has 2 heterocycles. The maximum Gasteiger partial charge on any atom is 0.474 e. The van der Waals surface area contributed by atoms with Gasteiger partial charge in [-0.05, 0) is 56.0 Å². The molecule has 1 unspecified atom stereocenters. The highest BCUT2D eigenvalue weighted by Crippen LogP contribution is 2.34. The number of carbonyl (C=O) groups excluding carboxylic acids is 2. The molecule has 1 fully saturated rings. The van der Waals surface area contributed by atoms with Crippen LogP contribution in [0.15, 0.2) is 43.5 Å². The molecular formula is C23H23ClF3N3O5S. The first-order chi connectivity index (χ1) is 17.0. The Balaban J connectivity index is 1.34. The van der Waals surface area contributed by atoms with Crippen LogP contribution < -0.4 is 5.32 Å². The minimum atomic E-state index is -5.21. The lowest BCUT2D eigenvalue weighted by molar-refractivity contribution is -0.169. The minimum absolute atomic E-state index is 0.00509. The lowest BCUT2D eigenvalue weighted by atomic mass is 9.86. The second kappa shape index (κ2) is 10.3. The number of rotatable bonds is 6. The number of oxazole rings is 1. The van der Waals surface area contributed by atoms with Crippen LogP contribution in [0.5, 0.6) is 0 Å². The van der Waals surface area contributed by atoms with Crippen LogP contribution in [0.25, 0.3) is 11.1 Å². The Morgan fingerprint density at radius 1 is 1.17 bits per heavy atom. The third-order valence-electron chi connectivity index (χ3n) is 5.97. The van der Waals surface area contributed by atoms with Gasteiger partial charge in [0.1, 0.15) is 11.3 Å². The number of aromatic nitrogens is 1. The van der Waals surface area contributed by atoms with Crippen LogP contribution in [0.4, 0.5) is 13.2 Å². The summed E-state index contributed by atoms with van der Waals surface area (Å²) in [7, 11) is -3.54. The number of hydrogen-bond acceptors (Lipinski definition) is 6. The van der Waals surface area contributed by atoms with Crippen molar-refractivity contribution in [3.63, 3.8) is 0 Å². The summed E-state index contributed by atoms with van der Waals surface area (Å²) in [5, 5.41) is 3.46. The molecule has 1 atom stereocenters. The molecule has 13 heteroatoms. The van der Waals surface area contributed by atoms with Gasteiger partial charge in [-0.25, -0.2) is 9.19 Å². The van der Waals surface area contributed by atoms with Gasteiger partial charge in [0.05, 0.1) is 15.5 Å². The van der Waals surface area contributed by atoms with Crippen molar-refractivity contribution in [2.24, 2.45) is 4.36 Å². The van der Waals surface area contributed by atoms with E-state index in [1.807, 2.05) is 0 Å². The first kappa shape index (κ1) is 26.2. The van der Waals surface area contributed by atoms with Gasteiger partial charge in [-0.3, -0.25) is 9.59 Å². The number of benzene rings is 1. The number of furan rings is 1. The molecular weight excluding hydrogens is 523 g/mol. The second-order valence-corrected chi connectivity index (χ2v) is 11.6. The van der Waals surface area contributed by atoms with Gasteiger partial charge in [-0.2, -0.15) is 17.5 Å². The maximum atomic E-state index is 12.6. The zero-order valence-electron chi connectivity index (χ0n) is 19.1. The predicted molar refractivity (Wildman–Crippen MR) is 126 cm³/mol. The highest BCUT2D eigenvalue weighted by Gasteiger charge is 2.40. The number of amides is 2. The van der Waals surface area contributed by atoms with E-state index < -0.39 is 33.5 Å². The minimum Gasteiger partial charge on any atom is -0.455 e. The van der Waals surface area contributed by atoms with Gasteiger partial charge in [0.2, 0.25) is 0 Å². The number of nitrogens with zero attached hydrogens (tertiary/aromatic N) is 2. The summed E-state index contributed by atoms with van der Waals surface area (Å²) in [6.07, 6.45) is -2.33. The van der Waals surface area contributed by atoms with E-state index in [4.69, 9.17) is 20.4 Å². The van der Waals surface area contributed by atoms with Gasteiger partial charge >= 0.3 is 12.1 Å². The van der Waals surface area contributed by atoms with Crippen LogP contribution in [-0.2, 0) is 20.3 Å². The lowest BCUT2D eigenvalue weighted by Gasteiger charge is -2.27. The Morgan fingerprint density at radius 3 is 2.56 bits per heavy atom. The van der Waals surface area contributed by atoms with Crippen molar-refractivity contribution in [2.75, 3.05) is 5.75 Å². The number of alkyl halides is 3. The van der Waals surface area contributed by atoms with E-state index in [-0.39, 0.29) is 29.2 Å². The Bertz CT molecular complexity index is 1400. The topological polar surface area (TPSA) is 115 Å². The van der Waals surface area contributed by atoms with Crippen LogP contribution in [-0.4, -0.2) is 39.0 Å². The van der Waals surface area contributed by atoms with Crippen LogP contribution >= 0.6 is 11.6 Å². The summed E-state index contributed by atoms with van der Waals surface area (Å²) in [6.45, 7) is 1.36. The van der Waals surface area contributed by atoms with E-state index in [0.717, 1.165) is 12.8 Å². The summed E-state index contributed by atoms with van der Waals surface area (Å²) >= 11 is 6.01. The summed E-state index contributed by atoms with van der Waals surface area (Å²) in [5.74, 6) is -3.00. The van der Waals surface area contributed by atoms with E-state index in [1.165, 1.54) is 19.1 Å². The van der Waals surface area contributed by atoms with E-state index >= 15 is 0 Å². The number of fused-ring (bicyclic) bond motifs is 1. The molecule has 1 aliphatic rings. The fraction of sp³-hybridized carbons (Fsp3) is 0.435. The van der Waals surface area contributed by atoms with E-state index in [1.54, 1.807) is 18.2 Å². The number of halogens is 4. The summed E-state index contributed by atoms with van der Waals surface area (Å²) in [4.78, 5) is 28.3. The molecule has 1 N–H and O–H groups in total. The molecule has 194 valence electrons. The lowest BCUT2D eigenvalue weighted by Crippen LogP contribution is -2.37. The number of nitrogens with one attached hydrogen (secondary N) is 1. The quantitative estimate of drug-likeness (QED) is 0.431. The normalized spacial score (nSPS) is 20.1. The summed E-state index contributed by atoms with van der Waals surface area (Å²) in [6, 6.07) is 7.84. The third kappa shape index (κ3) is 6.09. The third-order valence-corrected chi connectivity index (χ3v) is 8.35. The molecule has 0 saturated heterocycles. The van der Waals surface area contributed by atoms with Crippen LogP contribution in [0.1, 0.15) is 60.7 Å². The van der Waals surface area contributed by atoms with Gasteiger partial charge in [0.25, 0.3) is 5.91 Å². The first-order valence-corrected chi connectivity index (χ1v) is 13.5. The molecule has 36 heavy (non-hydrogen) atoms. The largest absolute Gasteiger partial charge is 0.474 e. The van der Waals surface area contributed by atoms with Crippen molar-refractivity contribution in [1.29, 1.82) is 0 Å². The number of carbonyl (C=O) groups is 2. The molecule has 1 saturated carbocycles. The van der Waals surface area contributed by atoms with Crippen molar-refractivity contribution in [3.8, 4) is 0 Å². The molecule has 0 bridgehead atoms. The average molecular weight is 546 g/mol. The van der Waals surface area contributed by atoms with E-state index in [2.05, 4.69) is 14.7 Å². The van der Waals surface area contributed by atoms with Gasteiger partial charge in [0.15, 0.2) is 17.2 Å². The van der Waals surface area contributed by atoms with E-state index in [0.29, 0.717) is 34.9 Å². The monoisotopic (exact) mass is 545 g/mol. The van der Waals surface area contributed by atoms with Gasteiger partial charge in [-0.1, -0.05) is 18.5 Å². The fourth-order valence-electron chi connectivity index (χ4n) is 4.04. The van der Waals surface area contributed by atoms with Crippen LogP contribution in [0, 0.1) is 0 Å². The highest BCUT2D eigenvalue weighted by molar-refractivity contribution is 7.93. The Kier molecular flexibility index (Phi) is 7.46. The highest BCUT2D eigenvalue weighted by atomic mass is 35.5. The molecule has 0 spiro atoms. The SMILES string of the molecule is CCS(=O)(Cc1ccc(C(=O)NC2CCC(c3nc4cc(Cl)ccc4o3)CC2)o1)=NC(=O)C(F)(F)F. The maximum absolute atomic E-state index is 12.6. The second-order valence-electron chi connectivity index (χ2n) is 8.55. The Labute approximate surface area is 209 Å². The van der Waals surface area contributed by atoms with Crippen molar-refractivity contribution in [3.05, 3.63) is 52.8 Å². The first-order valence-electron chi connectivity index (χ1n) is 11.2. The smallest absolute Gasteiger partial charge is 0.455 e. The molecule has 4 rings (SSSR count). The molecule has 2 amide bonds. The van der Waals surface area contributed by atoms with Crippen molar-refractivity contribution in [2.45, 2.75) is 56.5 Å². The molecule has 3 aromatic rings. The van der Waals surface area contributed by atoms with Gasteiger partial charge < -0.3 is 14.2 Å². The van der Waals surface area contributed by atoms with Crippen molar-refractivity contribution < 1.29 is 35.8 Å². The molecule has 8 nitrogen and oxygen atoms in total. The van der Waals surface area contributed by atoms with Gasteiger partial charge in [0, 0.05) is 22.7 Å². The Hall–Kier alpha value is -2.86. The zero-order chi connectivity index (χ0) is 26.1. The van der Waals surface area contributed by atoms with Gasteiger partial charge in [-0.15, -0.1) is 0 Å². The molecule has 0 radical (unpaired) electrons. The van der Waals surface area contributed by atoms with Crippen LogP contribution in [0.3, 0.4) is 0 Å². The summed E-state index contributed by atoms with van der Waals surface area (Å²) in [5.41, 5.74) is 1.37. The zero-order valence-corrected chi connectivity index (χ0v) is 20.7. The van der Waals surface area contributed by atoms with Crippen molar-refractivity contribution >= 4 is 44.2 Å². The predicted octanol–water partition coefficient (Wildman–Crippen LogP) is 5.61. The summed E-state index contributed by atoms with van der Waals surface area (Å²) < 4.78 is 64.3. The fourth-order valence-corrected chi connectivity index (χ4v) is 5.61. The van der Waals surface area contributed by atoms with Crippen molar-refractivity contribution in [1.82, 2.24) is 10.3 Å². The standard InChI is InChI=1S/C23H23ClF3N3O5S/c1-2-36(33,30-22(32)23(25,26)27)12-16-8-10-19(34-16)20(31)28-15-6-3-13(4-7-15)21-29-17-11-14(24)5-9-18(17)35-21/h5,8-11,13,15H,2-4,6-7,12H2,1H3,(H,28,31).